The fraction of sp³-hybridized carbons (Fsp3) is 0.467. The van der Waals surface area contributed by atoms with Crippen molar-refractivity contribution in [3.8, 4) is 0 Å². The minimum Gasteiger partial charge on any atom is -0.367 e. The molecule has 3 amide bonds. The van der Waals surface area contributed by atoms with Crippen molar-refractivity contribution in [3.63, 3.8) is 0 Å². The summed E-state index contributed by atoms with van der Waals surface area (Å²) in [5, 5.41) is 5.25. The summed E-state index contributed by atoms with van der Waals surface area (Å²) >= 11 is 0. The number of nitrogens with one attached hydrogen (secondary N) is 2. The van der Waals surface area contributed by atoms with Crippen molar-refractivity contribution in [1.82, 2.24) is 5.32 Å². The van der Waals surface area contributed by atoms with Gasteiger partial charge in [0.1, 0.15) is 5.82 Å². The van der Waals surface area contributed by atoms with E-state index in [1.165, 1.54) is 24.3 Å². The summed E-state index contributed by atoms with van der Waals surface area (Å²) < 4.78 is 25.6. The molecule has 7 heteroatoms. The maximum Gasteiger partial charge on any atom is 0.319 e. The van der Waals surface area contributed by atoms with Gasteiger partial charge in [-0.15, -0.1) is 0 Å². The zero-order valence-corrected chi connectivity index (χ0v) is 12.3. The molecule has 0 spiro atoms. The van der Waals surface area contributed by atoms with Crippen molar-refractivity contribution in [1.29, 1.82) is 0 Å². The molecule has 0 heterocycles. The standard InChI is InChI=1S/C15H21F2N3O2/c16-11-6-8-12(9-7-11)20-15(22)19-10-4-2-1-3-5-13(17)14(18)21/h6-9,13H,1-5,10H2,(H2,18,21)(H2,19,20,22). The van der Waals surface area contributed by atoms with E-state index in [0.717, 1.165) is 19.3 Å². The van der Waals surface area contributed by atoms with E-state index in [4.69, 9.17) is 5.73 Å². The van der Waals surface area contributed by atoms with Crippen LogP contribution in [0.25, 0.3) is 0 Å². The number of hydrogen-bond acceptors (Lipinski definition) is 2. The van der Waals surface area contributed by atoms with Gasteiger partial charge in [-0.05, 0) is 37.1 Å². The number of anilines is 1. The Morgan fingerprint density at radius 2 is 1.73 bits per heavy atom. The largest absolute Gasteiger partial charge is 0.367 e. The van der Waals surface area contributed by atoms with Crippen LogP contribution >= 0.6 is 0 Å². The zero-order valence-electron chi connectivity index (χ0n) is 12.3. The van der Waals surface area contributed by atoms with Crippen LogP contribution in [0, 0.1) is 5.82 Å². The Hall–Kier alpha value is -2.18. The van der Waals surface area contributed by atoms with Crippen molar-refractivity contribution >= 4 is 17.6 Å². The lowest BCUT2D eigenvalue weighted by molar-refractivity contribution is -0.122. The lowest BCUT2D eigenvalue weighted by Gasteiger charge is -2.08. The number of urea groups is 1. The number of carbonyl (C=O) groups is 2. The van der Waals surface area contributed by atoms with Gasteiger partial charge in [0.15, 0.2) is 6.17 Å². The highest BCUT2D eigenvalue weighted by atomic mass is 19.1. The number of halogens is 2. The molecule has 4 N–H and O–H groups in total. The topological polar surface area (TPSA) is 84.2 Å². The first-order valence-corrected chi connectivity index (χ1v) is 7.23. The molecule has 0 saturated carbocycles. The summed E-state index contributed by atoms with van der Waals surface area (Å²) in [4.78, 5) is 22.0. The summed E-state index contributed by atoms with van der Waals surface area (Å²) in [6.07, 6.45) is 1.51. The fourth-order valence-electron chi connectivity index (χ4n) is 1.85. The van der Waals surface area contributed by atoms with Crippen LogP contribution in [-0.2, 0) is 4.79 Å². The van der Waals surface area contributed by atoms with Gasteiger partial charge in [0, 0.05) is 12.2 Å². The van der Waals surface area contributed by atoms with Crippen molar-refractivity contribution in [2.24, 2.45) is 5.73 Å². The number of primary amides is 1. The average Bonchev–Trinajstić information content (AvgIpc) is 2.48. The molecule has 1 atom stereocenters. The Balaban J connectivity index is 2.03. The van der Waals surface area contributed by atoms with Crippen LogP contribution in [0.3, 0.4) is 0 Å². The second-order valence-corrected chi connectivity index (χ2v) is 4.96. The summed E-state index contributed by atoms with van der Waals surface area (Å²) in [5.74, 6) is -1.28. The van der Waals surface area contributed by atoms with E-state index >= 15 is 0 Å². The highest BCUT2D eigenvalue weighted by molar-refractivity contribution is 5.89. The summed E-state index contributed by atoms with van der Waals surface area (Å²) in [6, 6.07) is 5.12. The maximum absolute atomic E-state index is 12.9. The molecule has 0 aliphatic carbocycles. The van der Waals surface area contributed by atoms with Crippen LogP contribution in [0.1, 0.15) is 32.1 Å². The minimum atomic E-state index is -1.57. The average molecular weight is 313 g/mol. The predicted molar refractivity (Wildman–Crippen MR) is 80.6 cm³/mol. The van der Waals surface area contributed by atoms with Crippen molar-refractivity contribution < 1.29 is 18.4 Å². The summed E-state index contributed by atoms with van der Waals surface area (Å²) in [6.45, 7) is 0.488. The number of rotatable bonds is 9. The van der Waals surface area contributed by atoms with Crippen molar-refractivity contribution in [3.05, 3.63) is 30.1 Å². The molecule has 1 aromatic rings. The van der Waals surface area contributed by atoms with Gasteiger partial charge in [-0.1, -0.05) is 19.3 Å². The van der Waals surface area contributed by atoms with Gasteiger partial charge >= 0.3 is 6.03 Å². The van der Waals surface area contributed by atoms with Crippen molar-refractivity contribution in [2.75, 3.05) is 11.9 Å². The van der Waals surface area contributed by atoms with E-state index in [1.54, 1.807) is 0 Å². The van der Waals surface area contributed by atoms with Crippen LogP contribution in [0.5, 0.6) is 0 Å². The van der Waals surface area contributed by atoms with Crippen LogP contribution in [0.4, 0.5) is 19.3 Å². The Morgan fingerprint density at radius 1 is 1.09 bits per heavy atom. The van der Waals surface area contributed by atoms with E-state index < -0.39 is 12.1 Å². The number of unbranched alkanes of at least 4 members (excludes halogenated alkanes) is 3. The molecule has 0 radical (unpaired) electrons. The van der Waals surface area contributed by atoms with E-state index in [1.807, 2.05) is 0 Å². The summed E-state index contributed by atoms with van der Waals surface area (Å²) in [5.41, 5.74) is 5.33. The number of benzene rings is 1. The lowest BCUT2D eigenvalue weighted by Crippen LogP contribution is -2.29. The molecule has 0 aromatic heterocycles. The molecule has 0 aliphatic heterocycles. The third-order valence-electron chi connectivity index (χ3n) is 3.08. The first kappa shape index (κ1) is 17.9. The molecule has 0 aliphatic rings. The lowest BCUT2D eigenvalue weighted by atomic mass is 10.1. The van der Waals surface area contributed by atoms with E-state index in [0.29, 0.717) is 18.7 Å². The second-order valence-electron chi connectivity index (χ2n) is 4.96. The second kappa shape index (κ2) is 9.70. The molecule has 5 nitrogen and oxygen atoms in total. The van der Waals surface area contributed by atoms with Gasteiger partial charge in [0.05, 0.1) is 0 Å². The Morgan fingerprint density at radius 3 is 2.36 bits per heavy atom. The summed E-state index contributed by atoms with van der Waals surface area (Å²) in [7, 11) is 0. The third kappa shape index (κ3) is 7.56. The van der Waals surface area contributed by atoms with Gasteiger partial charge in [-0.2, -0.15) is 0 Å². The SMILES string of the molecule is NC(=O)C(F)CCCCCCNC(=O)Nc1ccc(F)cc1. The molecule has 1 rings (SSSR count). The first-order chi connectivity index (χ1) is 10.5. The van der Waals surface area contributed by atoms with Gasteiger partial charge in [-0.3, -0.25) is 4.79 Å². The number of alkyl halides is 1. The van der Waals surface area contributed by atoms with Gasteiger partial charge in [0.25, 0.3) is 5.91 Å². The quantitative estimate of drug-likeness (QED) is 0.612. The fourth-order valence-corrected chi connectivity index (χ4v) is 1.85. The molecule has 22 heavy (non-hydrogen) atoms. The Bertz CT molecular complexity index is 480. The van der Waals surface area contributed by atoms with Crippen LogP contribution in [0.2, 0.25) is 0 Å². The molecular formula is C15H21F2N3O2. The molecule has 1 unspecified atom stereocenters. The third-order valence-corrected chi connectivity index (χ3v) is 3.08. The minimum absolute atomic E-state index is 0.147. The van der Waals surface area contributed by atoms with E-state index in [2.05, 4.69) is 10.6 Å². The maximum atomic E-state index is 12.9. The normalized spacial score (nSPS) is 11.7. The highest BCUT2D eigenvalue weighted by Crippen LogP contribution is 2.09. The molecule has 0 fully saturated rings. The van der Waals surface area contributed by atoms with Crippen LogP contribution in [-0.4, -0.2) is 24.7 Å². The first-order valence-electron chi connectivity index (χ1n) is 7.23. The molecular weight excluding hydrogens is 292 g/mol. The zero-order chi connectivity index (χ0) is 16.4. The van der Waals surface area contributed by atoms with Crippen molar-refractivity contribution in [2.45, 2.75) is 38.3 Å². The molecule has 1 aromatic carbocycles. The Kier molecular flexibility index (Phi) is 7.88. The smallest absolute Gasteiger partial charge is 0.319 e. The molecule has 0 bridgehead atoms. The number of carbonyl (C=O) groups excluding carboxylic acids is 2. The van der Waals surface area contributed by atoms with Gasteiger partial charge in [-0.25, -0.2) is 13.6 Å². The number of nitrogens with two attached hydrogens (primary N) is 1. The van der Waals surface area contributed by atoms with Crippen LogP contribution in [0.15, 0.2) is 24.3 Å². The van der Waals surface area contributed by atoms with E-state index in [9.17, 15) is 18.4 Å². The van der Waals surface area contributed by atoms with Crippen LogP contribution < -0.4 is 16.4 Å². The van der Waals surface area contributed by atoms with E-state index in [-0.39, 0.29) is 18.3 Å². The number of amides is 3. The molecule has 122 valence electrons. The van der Waals surface area contributed by atoms with Gasteiger partial charge in [0.2, 0.25) is 0 Å². The van der Waals surface area contributed by atoms with Gasteiger partial charge < -0.3 is 16.4 Å². The Labute approximate surface area is 128 Å². The highest BCUT2D eigenvalue weighted by Gasteiger charge is 2.11. The monoisotopic (exact) mass is 313 g/mol. The number of hydrogen-bond donors (Lipinski definition) is 3. The molecule has 0 saturated heterocycles. The predicted octanol–water partition coefficient (Wildman–Crippen LogP) is 2.72.